The van der Waals surface area contributed by atoms with Crippen LogP contribution in [-0.4, -0.2) is 40.6 Å². The van der Waals surface area contributed by atoms with Gasteiger partial charge in [-0.2, -0.15) is 0 Å². The minimum atomic E-state index is -1.03. The van der Waals surface area contributed by atoms with Crippen LogP contribution in [0.3, 0.4) is 0 Å². The van der Waals surface area contributed by atoms with Crippen LogP contribution >= 0.6 is 11.8 Å². The zero-order chi connectivity index (χ0) is 14.4. The van der Waals surface area contributed by atoms with E-state index in [1.165, 1.54) is 18.2 Å². The molecular weight excluding hydrogens is 264 g/mol. The smallest absolute Gasteiger partial charge is 0.321 e. The lowest BCUT2D eigenvalue weighted by Crippen LogP contribution is -2.44. The number of amides is 1. The molecule has 0 aliphatic heterocycles. The highest BCUT2D eigenvalue weighted by atomic mass is 32.2. The Labute approximate surface area is 118 Å². The molecule has 0 saturated heterocycles. The van der Waals surface area contributed by atoms with Crippen LogP contribution in [0.2, 0.25) is 0 Å². The van der Waals surface area contributed by atoms with Crippen molar-refractivity contribution in [3.8, 4) is 0 Å². The van der Waals surface area contributed by atoms with Gasteiger partial charge in [0.15, 0.2) is 0 Å². The predicted octanol–water partition coefficient (Wildman–Crippen LogP) is 1.07. The highest BCUT2D eigenvalue weighted by Gasteiger charge is 2.28. The maximum absolute atomic E-state index is 11.8. The van der Waals surface area contributed by atoms with E-state index in [0.29, 0.717) is 11.8 Å². The lowest BCUT2D eigenvalue weighted by atomic mass is 9.78. The molecule has 1 rings (SSSR count). The second-order valence-electron chi connectivity index (χ2n) is 5.40. The number of aliphatic carboxylic acids is 1. The zero-order valence-electron chi connectivity index (χ0n) is 11.6. The van der Waals surface area contributed by atoms with E-state index < -0.39 is 12.0 Å². The van der Waals surface area contributed by atoms with Crippen LogP contribution in [0.15, 0.2) is 0 Å². The molecule has 1 amide bonds. The molecular formula is C13H24N2O3S. The van der Waals surface area contributed by atoms with Crippen molar-refractivity contribution in [2.24, 2.45) is 17.6 Å². The molecule has 0 aromatic rings. The van der Waals surface area contributed by atoms with Gasteiger partial charge in [-0.25, -0.2) is 0 Å². The Morgan fingerprint density at radius 1 is 1.42 bits per heavy atom. The van der Waals surface area contributed by atoms with Gasteiger partial charge in [0.25, 0.3) is 0 Å². The van der Waals surface area contributed by atoms with Crippen molar-refractivity contribution in [3.05, 3.63) is 0 Å². The standard InChI is InChI=1S/C13H24N2O3S/c1-8-4-3-5-11(9(8)2)15-12(16)7-19-6-10(14)13(17)18/h8-11H,3-7,14H2,1-2H3,(H,15,16)(H,17,18). The Bertz CT molecular complexity index is 325. The predicted molar refractivity (Wildman–Crippen MR) is 77.0 cm³/mol. The molecule has 5 nitrogen and oxygen atoms in total. The molecule has 0 radical (unpaired) electrons. The molecule has 4 atom stereocenters. The van der Waals surface area contributed by atoms with E-state index in [-0.39, 0.29) is 23.5 Å². The normalized spacial score (nSPS) is 28.7. The van der Waals surface area contributed by atoms with Crippen molar-refractivity contribution in [1.82, 2.24) is 5.32 Å². The average molecular weight is 288 g/mol. The van der Waals surface area contributed by atoms with Crippen LogP contribution in [0.4, 0.5) is 0 Å². The number of nitrogens with two attached hydrogens (primary N) is 1. The number of thioether (sulfide) groups is 1. The third kappa shape index (κ3) is 5.40. The zero-order valence-corrected chi connectivity index (χ0v) is 12.4. The molecule has 0 spiro atoms. The minimum Gasteiger partial charge on any atom is -0.480 e. The lowest BCUT2D eigenvalue weighted by Gasteiger charge is -2.34. The fourth-order valence-electron chi connectivity index (χ4n) is 2.38. The molecule has 1 fully saturated rings. The maximum Gasteiger partial charge on any atom is 0.321 e. The molecule has 4 N–H and O–H groups in total. The SMILES string of the molecule is CC1CCCC(NC(=O)CSCC(N)C(=O)O)C1C. The van der Waals surface area contributed by atoms with Crippen molar-refractivity contribution in [2.75, 3.05) is 11.5 Å². The number of hydrogen-bond donors (Lipinski definition) is 3. The minimum absolute atomic E-state index is 0.0199. The molecule has 1 aliphatic carbocycles. The molecule has 0 aromatic carbocycles. The number of nitrogens with one attached hydrogen (secondary N) is 1. The van der Waals surface area contributed by atoms with Crippen LogP contribution < -0.4 is 11.1 Å². The number of carboxylic acid groups (broad SMARTS) is 1. The van der Waals surface area contributed by atoms with E-state index in [9.17, 15) is 9.59 Å². The van der Waals surface area contributed by atoms with Crippen molar-refractivity contribution in [3.63, 3.8) is 0 Å². The number of carbonyl (C=O) groups is 2. The van der Waals surface area contributed by atoms with Crippen LogP contribution in [0.5, 0.6) is 0 Å². The monoisotopic (exact) mass is 288 g/mol. The summed E-state index contributed by atoms with van der Waals surface area (Å²) in [6.07, 6.45) is 3.43. The van der Waals surface area contributed by atoms with Gasteiger partial charge in [0, 0.05) is 11.8 Å². The Morgan fingerprint density at radius 2 is 2.11 bits per heavy atom. The lowest BCUT2D eigenvalue weighted by molar-refractivity contribution is -0.138. The van der Waals surface area contributed by atoms with E-state index in [1.54, 1.807) is 0 Å². The first-order valence-corrected chi connectivity index (χ1v) is 7.92. The molecule has 0 heterocycles. The van der Waals surface area contributed by atoms with Crippen LogP contribution in [0.25, 0.3) is 0 Å². The highest BCUT2D eigenvalue weighted by Crippen LogP contribution is 2.29. The summed E-state index contributed by atoms with van der Waals surface area (Å²) in [7, 11) is 0. The van der Waals surface area contributed by atoms with Gasteiger partial charge < -0.3 is 16.2 Å². The highest BCUT2D eigenvalue weighted by molar-refractivity contribution is 8.00. The van der Waals surface area contributed by atoms with Gasteiger partial charge in [0.2, 0.25) is 5.91 Å². The summed E-state index contributed by atoms with van der Waals surface area (Å²) < 4.78 is 0. The molecule has 1 aliphatic rings. The maximum atomic E-state index is 11.8. The van der Waals surface area contributed by atoms with Crippen LogP contribution in [0, 0.1) is 11.8 Å². The molecule has 4 unspecified atom stereocenters. The molecule has 0 bridgehead atoms. The molecule has 0 aromatic heterocycles. The largest absolute Gasteiger partial charge is 0.480 e. The summed E-state index contributed by atoms with van der Waals surface area (Å²) in [5, 5.41) is 11.7. The van der Waals surface area contributed by atoms with Gasteiger partial charge in [-0.05, 0) is 18.3 Å². The Hall–Kier alpha value is -0.750. The summed E-state index contributed by atoms with van der Waals surface area (Å²) in [4.78, 5) is 22.3. The van der Waals surface area contributed by atoms with E-state index in [2.05, 4.69) is 19.2 Å². The number of carbonyl (C=O) groups excluding carboxylic acids is 1. The summed E-state index contributed by atoms with van der Waals surface area (Å²) in [6, 6.07) is -0.642. The molecule has 6 heteroatoms. The van der Waals surface area contributed by atoms with Crippen molar-refractivity contribution in [1.29, 1.82) is 0 Å². The Morgan fingerprint density at radius 3 is 2.74 bits per heavy atom. The van der Waals surface area contributed by atoms with Gasteiger partial charge in [-0.15, -0.1) is 11.8 Å². The number of rotatable bonds is 6. The summed E-state index contributed by atoms with van der Waals surface area (Å²) >= 11 is 1.27. The van der Waals surface area contributed by atoms with E-state index >= 15 is 0 Å². The van der Waals surface area contributed by atoms with Gasteiger partial charge in [0.1, 0.15) is 6.04 Å². The van der Waals surface area contributed by atoms with Crippen molar-refractivity contribution < 1.29 is 14.7 Å². The van der Waals surface area contributed by atoms with Crippen LogP contribution in [0.1, 0.15) is 33.1 Å². The Kier molecular flexibility index (Phi) is 6.65. The first kappa shape index (κ1) is 16.3. The fraction of sp³-hybridized carbons (Fsp3) is 0.846. The first-order chi connectivity index (χ1) is 8.91. The second-order valence-corrected chi connectivity index (χ2v) is 6.43. The Balaban J connectivity index is 2.25. The van der Waals surface area contributed by atoms with Crippen LogP contribution in [-0.2, 0) is 9.59 Å². The molecule has 19 heavy (non-hydrogen) atoms. The summed E-state index contributed by atoms with van der Waals surface area (Å²) in [6.45, 7) is 4.41. The fourth-order valence-corrected chi connectivity index (χ4v) is 3.17. The van der Waals surface area contributed by atoms with E-state index in [4.69, 9.17) is 10.8 Å². The van der Waals surface area contributed by atoms with E-state index in [0.717, 1.165) is 12.8 Å². The summed E-state index contributed by atoms with van der Waals surface area (Å²) in [5.74, 6) is 0.644. The van der Waals surface area contributed by atoms with Gasteiger partial charge in [-0.1, -0.05) is 26.7 Å². The third-order valence-electron chi connectivity index (χ3n) is 3.90. The van der Waals surface area contributed by atoms with E-state index in [1.807, 2.05) is 0 Å². The third-order valence-corrected chi connectivity index (χ3v) is 4.96. The van der Waals surface area contributed by atoms with Crippen molar-refractivity contribution in [2.45, 2.75) is 45.2 Å². The molecule has 1 saturated carbocycles. The average Bonchev–Trinajstić information content (AvgIpc) is 2.34. The topological polar surface area (TPSA) is 92.4 Å². The second kappa shape index (κ2) is 7.75. The quantitative estimate of drug-likeness (QED) is 0.680. The van der Waals surface area contributed by atoms with Gasteiger partial charge in [-0.3, -0.25) is 9.59 Å². The van der Waals surface area contributed by atoms with Gasteiger partial charge in [0.05, 0.1) is 5.75 Å². The first-order valence-electron chi connectivity index (χ1n) is 6.77. The van der Waals surface area contributed by atoms with Crippen molar-refractivity contribution >= 4 is 23.6 Å². The molecule has 110 valence electrons. The number of hydrogen-bond acceptors (Lipinski definition) is 4. The van der Waals surface area contributed by atoms with Gasteiger partial charge >= 0.3 is 5.97 Å². The summed E-state index contributed by atoms with van der Waals surface area (Å²) in [5.41, 5.74) is 5.38. The number of carboxylic acids is 1.